The molecular formula is C13H8ClF3N8O3S. The van der Waals surface area contributed by atoms with E-state index in [0.29, 0.717) is 11.5 Å². The number of carbonyl (C=O) groups is 2. The maximum absolute atomic E-state index is 12.7. The number of alkyl halides is 3. The molecule has 0 aliphatic heterocycles. The van der Waals surface area contributed by atoms with Gasteiger partial charge in [0.05, 0.1) is 10.6 Å². The topological polar surface area (TPSA) is 137 Å². The van der Waals surface area contributed by atoms with Crippen LogP contribution < -0.4 is 15.4 Å². The summed E-state index contributed by atoms with van der Waals surface area (Å²) < 4.78 is 46.8. The first-order valence-electron chi connectivity index (χ1n) is 7.35. The SMILES string of the molecule is Cn1nnnc1NC(=O)c1ccc(OC(F)(F)F)c(NC(=O)c2ncns2)c1Cl. The largest absolute Gasteiger partial charge is 0.573 e. The molecule has 0 atom stereocenters. The number of ether oxygens (including phenoxy) is 1. The van der Waals surface area contributed by atoms with Gasteiger partial charge in [0.25, 0.3) is 11.8 Å². The quantitative estimate of drug-likeness (QED) is 0.605. The van der Waals surface area contributed by atoms with Gasteiger partial charge in [0.2, 0.25) is 11.0 Å². The van der Waals surface area contributed by atoms with Crippen LogP contribution in [0.4, 0.5) is 24.8 Å². The van der Waals surface area contributed by atoms with Gasteiger partial charge in [-0.3, -0.25) is 14.9 Å². The van der Waals surface area contributed by atoms with E-state index in [2.05, 4.69) is 40.3 Å². The molecule has 0 radical (unpaired) electrons. The highest BCUT2D eigenvalue weighted by Gasteiger charge is 2.34. The molecule has 29 heavy (non-hydrogen) atoms. The fourth-order valence-corrected chi connectivity index (χ4v) is 2.72. The maximum Gasteiger partial charge on any atom is 0.573 e. The van der Waals surface area contributed by atoms with Crippen LogP contribution in [0.3, 0.4) is 0 Å². The van der Waals surface area contributed by atoms with Crippen LogP contribution in [0.2, 0.25) is 5.02 Å². The normalized spacial score (nSPS) is 11.2. The Morgan fingerprint density at radius 1 is 1.24 bits per heavy atom. The summed E-state index contributed by atoms with van der Waals surface area (Å²) in [6.07, 6.45) is -3.98. The molecule has 0 aliphatic rings. The zero-order valence-electron chi connectivity index (χ0n) is 14.1. The van der Waals surface area contributed by atoms with Gasteiger partial charge >= 0.3 is 6.36 Å². The number of aryl methyl sites for hydroxylation is 1. The molecule has 16 heteroatoms. The second-order valence-electron chi connectivity index (χ2n) is 5.13. The van der Waals surface area contributed by atoms with Crippen molar-refractivity contribution in [2.24, 2.45) is 7.05 Å². The third-order valence-electron chi connectivity index (χ3n) is 3.21. The first kappa shape index (κ1) is 20.4. The summed E-state index contributed by atoms with van der Waals surface area (Å²) in [5.74, 6) is -2.59. The highest BCUT2D eigenvalue weighted by atomic mass is 35.5. The molecule has 0 aliphatic carbocycles. The van der Waals surface area contributed by atoms with E-state index in [1.54, 1.807) is 0 Å². The molecule has 0 fully saturated rings. The molecule has 2 aromatic heterocycles. The average molecular weight is 449 g/mol. The van der Waals surface area contributed by atoms with Gasteiger partial charge in [-0.2, -0.15) is 4.37 Å². The molecule has 0 bridgehead atoms. The smallest absolute Gasteiger partial charge is 0.404 e. The van der Waals surface area contributed by atoms with Gasteiger partial charge < -0.3 is 10.1 Å². The van der Waals surface area contributed by atoms with Crippen LogP contribution in [-0.2, 0) is 7.05 Å². The first-order chi connectivity index (χ1) is 13.7. The lowest BCUT2D eigenvalue weighted by atomic mass is 10.1. The lowest BCUT2D eigenvalue weighted by molar-refractivity contribution is -0.274. The van der Waals surface area contributed by atoms with Gasteiger partial charge in [0.1, 0.15) is 12.0 Å². The summed E-state index contributed by atoms with van der Waals surface area (Å²) in [6.45, 7) is 0. The van der Waals surface area contributed by atoms with E-state index in [1.165, 1.54) is 7.05 Å². The monoisotopic (exact) mass is 448 g/mol. The van der Waals surface area contributed by atoms with Crippen molar-refractivity contribution in [2.45, 2.75) is 6.36 Å². The molecule has 2 N–H and O–H groups in total. The molecule has 2 amide bonds. The Morgan fingerprint density at radius 2 is 2.00 bits per heavy atom. The lowest BCUT2D eigenvalue weighted by Crippen LogP contribution is -2.21. The standard InChI is InChI=1S/C13H8ClF3N8O3S/c1-25-12(22-23-24-25)21-9(26)5-2-3-6(28-13(15,16)17)8(7(5)14)20-10(27)11-18-4-19-29-11/h2-4H,1H3,(H,20,27)(H,21,22,24,26). The Labute approximate surface area is 168 Å². The van der Waals surface area contributed by atoms with E-state index in [4.69, 9.17) is 11.6 Å². The fraction of sp³-hybridized carbons (Fsp3) is 0.154. The minimum Gasteiger partial charge on any atom is -0.404 e. The number of tetrazole rings is 1. The molecule has 0 spiro atoms. The highest BCUT2D eigenvalue weighted by molar-refractivity contribution is 7.07. The third kappa shape index (κ3) is 4.75. The number of rotatable bonds is 5. The third-order valence-corrected chi connectivity index (χ3v) is 4.27. The Morgan fingerprint density at radius 3 is 2.59 bits per heavy atom. The average Bonchev–Trinajstić information content (AvgIpc) is 3.29. The van der Waals surface area contributed by atoms with Crippen molar-refractivity contribution < 1.29 is 27.5 Å². The van der Waals surface area contributed by atoms with Gasteiger partial charge in [-0.25, -0.2) is 9.67 Å². The van der Waals surface area contributed by atoms with E-state index < -0.39 is 34.6 Å². The van der Waals surface area contributed by atoms with E-state index in [0.717, 1.165) is 23.1 Å². The zero-order chi connectivity index (χ0) is 21.2. The number of benzene rings is 1. The second-order valence-corrected chi connectivity index (χ2v) is 6.29. The van der Waals surface area contributed by atoms with Gasteiger partial charge in [-0.1, -0.05) is 16.7 Å². The number of nitrogens with zero attached hydrogens (tertiary/aromatic N) is 6. The van der Waals surface area contributed by atoms with Crippen molar-refractivity contribution >= 4 is 46.6 Å². The minimum atomic E-state index is -5.07. The summed E-state index contributed by atoms with van der Waals surface area (Å²) in [5.41, 5.74) is -0.843. The number of nitrogens with one attached hydrogen (secondary N) is 2. The number of hydrogen-bond acceptors (Lipinski definition) is 9. The van der Waals surface area contributed by atoms with Gasteiger partial charge in [-0.15, -0.1) is 13.2 Å². The molecule has 3 rings (SSSR count). The van der Waals surface area contributed by atoms with E-state index in [9.17, 15) is 22.8 Å². The summed E-state index contributed by atoms with van der Waals surface area (Å²) in [7, 11) is 1.45. The second kappa shape index (κ2) is 7.96. The fourth-order valence-electron chi connectivity index (χ4n) is 2.00. The molecule has 152 valence electrons. The van der Waals surface area contributed by atoms with Gasteiger partial charge in [0, 0.05) is 7.05 Å². The van der Waals surface area contributed by atoms with Crippen LogP contribution in [0.1, 0.15) is 20.2 Å². The number of carbonyl (C=O) groups excluding carboxylic acids is 2. The molecule has 2 heterocycles. The maximum atomic E-state index is 12.7. The number of anilines is 2. The zero-order valence-corrected chi connectivity index (χ0v) is 15.6. The van der Waals surface area contributed by atoms with Crippen molar-refractivity contribution in [3.8, 4) is 5.75 Å². The number of hydrogen-bond donors (Lipinski definition) is 2. The van der Waals surface area contributed by atoms with Gasteiger partial charge in [-0.05, 0) is 34.1 Å². The first-order valence-corrected chi connectivity index (χ1v) is 8.51. The van der Waals surface area contributed by atoms with Crippen molar-refractivity contribution in [1.82, 2.24) is 29.6 Å². The summed E-state index contributed by atoms with van der Waals surface area (Å²) >= 11 is 6.82. The Kier molecular flexibility index (Phi) is 5.60. The van der Waals surface area contributed by atoms with Crippen LogP contribution in [0, 0.1) is 0 Å². The van der Waals surface area contributed by atoms with Crippen LogP contribution in [0.15, 0.2) is 18.5 Å². The lowest BCUT2D eigenvalue weighted by Gasteiger charge is -2.16. The van der Waals surface area contributed by atoms with Crippen LogP contribution in [0.25, 0.3) is 0 Å². The molecule has 1 aromatic carbocycles. The molecule has 0 saturated heterocycles. The highest BCUT2D eigenvalue weighted by Crippen LogP contribution is 2.38. The predicted octanol–water partition coefficient (Wildman–Crippen LogP) is 2.12. The molecule has 11 nitrogen and oxygen atoms in total. The predicted molar refractivity (Wildman–Crippen MR) is 92.7 cm³/mol. The van der Waals surface area contributed by atoms with E-state index in [-0.39, 0.29) is 16.5 Å². The minimum absolute atomic E-state index is 0.0406. The van der Waals surface area contributed by atoms with Crippen molar-refractivity contribution in [3.63, 3.8) is 0 Å². The molecule has 0 unspecified atom stereocenters. The summed E-state index contributed by atoms with van der Waals surface area (Å²) in [4.78, 5) is 28.3. The summed E-state index contributed by atoms with van der Waals surface area (Å²) in [6, 6.07) is 1.82. The van der Waals surface area contributed by atoms with Crippen LogP contribution in [0.5, 0.6) is 5.75 Å². The van der Waals surface area contributed by atoms with Gasteiger partial charge in [0.15, 0.2) is 5.75 Å². The number of halogens is 4. The van der Waals surface area contributed by atoms with Crippen molar-refractivity contribution in [1.29, 1.82) is 0 Å². The van der Waals surface area contributed by atoms with Crippen molar-refractivity contribution in [2.75, 3.05) is 10.6 Å². The Hall–Kier alpha value is -3.33. The Bertz CT molecular complexity index is 1060. The molecule has 3 aromatic rings. The number of aromatic nitrogens is 6. The van der Waals surface area contributed by atoms with Crippen molar-refractivity contribution in [3.05, 3.63) is 34.1 Å². The summed E-state index contributed by atoms with van der Waals surface area (Å²) in [5, 5.41) is 14.2. The Balaban J connectivity index is 1.97. The van der Waals surface area contributed by atoms with E-state index in [1.807, 2.05) is 0 Å². The van der Waals surface area contributed by atoms with E-state index >= 15 is 0 Å². The molecular weight excluding hydrogens is 441 g/mol. The van der Waals surface area contributed by atoms with Crippen LogP contribution in [-0.4, -0.2) is 47.7 Å². The number of amides is 2. The van der Waals surface area contributed by atoms with Crippen LogP contribution >= 0.6 is 23.1 Å². The molecule has 0 saturated carbocycles.